The predicted octanol–water partition coefficient (Wildman–Crippen LogP) is 5.05. The summed E-state index contributed by atoms with van der Waals surface area (Å²) in [6.45, 7) is 9.35. The molecular formula is C33H36FN9O. The van der Waals surface area contributed by atoms with Gasteiger partial charge in [0.1, 0.15) is 23.5 Å². The van der Waals surface area contributed by atoms with E-state index >= 15 is 0 Å². The Hall–Kier alpha value is -4.40. The van der Waals surface area contributed by atoms with Gasteiger partial charge in [-0.2, -0.15) is 10.2 Å². The average molecular weight is 594 g/mol. The highest BCUT2D eigenvalue weighted by atomic mass is 19.1. The maximum absolute atomic E-state index is 14.0. The van der Waals surface area contributed by atoms with E-state index < -0.39 is 0 Å². The van der Waals surface area contributed by atoms with Crippen molar-refractivity contribution in [2.24, 2.45) is 0 Å². The van der Waals surface area contributed by atoms with Crippen molar-refractivity contribution in [2.45, 2.75) is 70.8 Å². The molecule has 0 spiro atoms. The Balaban J connectivity index is 1.30. The highest BCUT2D eigenvalue weighted by Crippen LogP contribution is 2.38. The van der Waals surface area contributed by atoms with Crippen LogP contribution in [-0.2, 0) is 11.3 Å². The number of ether oxygens (including phenoxy) is 1. The van der Waals surface area contributed by atoms with Gasteiger partial charge in [-0.25, -0.2) is 13.8 Å². The smallest absolute Gasteiger partial charge is 0.258 e. The topological polar surface area (TPSA) is 100 Å². The molecule has 3 aromatic heterocycles. The molecule has 4 atom stereocenters. The Morgan fingerprint density at radius 3 is 2.68 bits per heavy atom. The van der Waals surface area contributed by atoms with Crippen molar-refractivity contribution in [3.8, 4) is 6.07 Å². The van der Waals surface area contributed by atoms with E-state index in [4.69, 9.17) is 14.7 Å². The molecule has 5 aromatic rings. The van der Waals surface area contributed by atoms with Crippen molar-refractivity contribution in [3.63, 3.8) is 0 Å². The summed E-state index contributed by atoms with van der Waals surface area (Å²) >= 11 is 0. The summed E-state index contributed by atoms with van der Waals surface area (Å²) in [5, 5.41) is 18.6. The molecule has 0 N–H and O–H groups in total. The Morgan fingerprint density at radius 2 is 1.93 bits per heavy atom. The number of nitrogens with zero attached hydrogens (tertiary/aromatic N) is 9. The van der Waals surface area contributed by atoms with Crippen molar-refractivity contribution in [1.29, 1.82) is 5.26 Å². The van der Waals surface area contributed by atoms with Crippen molar-refractivity contribution in [2.75, 3.05) is 24.6 Å². The molecule has 0 amide bonds. The number of imidazole rings is 1. The van der Waals surface area contributed by atoms with E-state index in [1.165, 1.54) is 12.1 Å². The maximum Gasteiger partial charge on any atom is 0.258 e. The average Bonchev–Trinajstić information content (AvgIpc) is 3.80. The van der Waals surface area contributed by atoms with Crippen LogP contribution in [0, 0.1) is 24.1 Å². The summed E-state index contributed by atoms with van der Waals surface area (Å²) in [6, 6.07) is 16.8. The van der Waals surface area contributed by atoms with Crippen LogP contribution in [0.3, 0.4) is 0 Å². The van der Waals surface area contributed by atoms with E-state index in [2.05, 4.69) is 44.5 Å². The summed E-state index contributed by atoms with van der Waals surface area (Å²) in [7, 11) is 0. The highest BCUT2D eigenvalue weighted by Gasteiger charge is 2.39. The second-order valence-corrected chi connectivity index (χ2v) is 11.9. The van der Waals surface area contributed by atoms with Gasteiger partial charge in [0.05, 0.1) is 30.3 Å². The Bertz CT molecular complexity index is 1840. The van der Waals surface area contributed by atoms with Gasteiger partial charge in [0.15, 0.2) is 11.5 Å². The van der Waals surface area contributed by atoms with Crippen LogP contribution >= 0.6 is 0 Å². The Labute approximate surface area is 255 Å². The van der Waals surface area contributed by atoms with Crippen LogP contribution < -0.4 is 4.90 Å². The first-order valence-electron chi connectivity index (χ1n) is 15.4. The van der Waals surface area contributed by atoms with Crippen LogP contribution in [0.25, 0.3) is 16.9 Å². The van der Waals surface area contributed by atoms with Gasteiger partial charge in [-0.15, -0.1) is 10.2 Å². The monoisotopic (exact) mass is 593 g/mol. The minimum absolute atomic E-state index is 0.0553. The molecule has 5 heterocycles. The lowest BCUT2D eigenvalue weighted by molar-refractivity contribution is 0.0972. The van der Waals surface area contributed by atoms with Gasteiger partial charge in [0, 0.05) is 31.8 Å². The number of nitriles is 1. The van der Waals surface area contributed by atoms with E-state index in [-0.39, 0.29) is 30.0 Å². The third kappa shape index (κ3) is 4.88. The molecule has 0 aliphatic carbocycles. The van der Waals surface area contributed by atoms with Gasteiger partial charge in [0.25, 0.3) is 5.78 Å². The minimum atomic E-state index is -0.278. The SMILES string of the molecule is CC[C@@H]1CN(c2nc3nncn3c3c2nc(C)n3C[C@@H]2CCCO2)[C@@H](C)CN1C(c1ccc(F)cc1)c1ccccc1C#N. The summed E-state index contributed by atoms with van der Waals surface area (Å²) < 4.78 is 24.2. The minimum Gasteiger partial charge on any atom is -0.376 e. The lowest BCUT2D eigenvalue weighted by atomic mass is 9.90. The number of aromatic nitrogens is 6. The third-order valence-corrected chi connectivity index (χ3v) is 9.24. The highest BCUT2D eigenvalue weighted by molar-refractivity contribution is 5.87. The standard InChI is InChI=1S/C33H36FN9O/c1-4-26-18-40(21(2)17-42(26)30(23-11-13-25(34)14-12-23)28-10-6-5-8-24(28)16-35)31-29-32(43-20-36-39-33(43)38-31)41(22(3)37-29)19-27-9-7-15-44-27/h5-6,8,10-14,20-21,26-27,30H,4,7,9,15,17-19H2,1-3H3/t21-,26+,27-,30?/m0/s1. The maximum atomic E-state index is 14.0. The number of anilines is 1. The summed E-state index contributed by atoms with van der Waals surface area (Å²) in [5.74, 6) is 1.97. The number of halogens is 1. The number of aryl methyl sites for hydroxylation is 1. The second kappa shape index (κ2) is 11.6. The van der Waals surface area contributed by atoms with Gasteiger partial charge >= 0.3 is 0 Å². The first kappa shape index (κ1) is 28.4. The fraction of sp³-hybridized carbons (Fsp3) is 0.424. The molecule has 0 saturated carbocycles. The molecule has 226 valence electrons. The van der Waals surface area contributed by atoms with Crippen LogP contribution in [-0.4, -0.2) is 71.9 Å². The summed E-state index contributed by atoms with van der Waals surface area (Å²) in [6.07, 6.45) is 4.84. The van der Waals surface area contributed by atoms with E-state index in [0.29, 0.717) is 24.4 Å². The fourth-order valence-electron chi connectivity index (χ4n) is 7.03. The quantitative estimate of drug-likeness (QED) is 0.259. The largest absolute Gasteiger partial charge is 0.376 e. The van der Waals surface area contributed by atoms with Gasteiger partial charge in [-0.3, -0.25) is 4.90 Å². The number of piperazine rings is 1. The number of rotatable bonds is 7. The van der Waals surface area contributed by atoms with Crippen LogP contribution in [0.4, 0.5) is 10.2 Å². The van der Waals surface area contributed by atoms with Crippen LogP contribution in [0.15, 0.2) is 54.9 Å². The van der Waals surface area contributed by atoms with Gasteiger partial charge in [-0.05, 0) is 62.4 Å². The van der Waals surface area contributed by atoms with E-state index in [1.807, 2.05) is 47.7 Å². The normalized spacial score (nSPS) is 21.7. The third-order valence-electron chi connectivity index (χ3n) is 9.24. The first-order chi connectivity index (χ1) is 21.5. The first-order valence-corrected chi connectivity index (χ1v) is 15.4. The zero-order valence-electron chi connectivity index (χ0n) is 25.3. The van der Waals surface area contributed by atoms with Crippen LogP contribution in [0.5, 0.6) is 0 Å². The molecule has 2 aromatic carbocycles. The van der Waals surface area contributed by atoms with Crippen molar-refractivity contribution < 1.29 is 9.13 Å². The summed E-state index contributed by atoms with van der Waals surface area (Å²) in [4.78, 5) is 14.9. The number of benzene rings is 2. The molecule has 2 aliphatic rings. The Morgan fingerprint density at radius 1 is 1.11 bits per heavy atom. The molecule has 2 saturated heterocycles. The van der Waals surface area contributed by atoms with Gasteiger partial charge in [-0.1, -0.05) is 37.3 Å². The fourth-order valence-corrected chi connectivity index (χ4v) is 7.03. The van der Waals surface area contributed by atoms with E-state index in [1.54, 1.807) is 6.33 Å². The van der Waals surface area contributed by atoms with Crippen LogP contribution in [0.2, 0.25) is 0 Å². The Kier molecular flexibility index (Phi) is 7.48. The lowest BCUT2D eigenvalue weighted by Crippen LogP contribution is -2.58. The summed E-state index contributed by atoms with van der Waals surface area (Å²) in [5.41, 5.74) is 4.27. The zero-order valence-corrected chi connectivity index (χ0v) is 25.3. The van der Waals surface area contributed by atoms with Crippen molar-refractivity contribution in [1.82, 2.24) is 34.0 Å². The van der Waals surface area contributed by atoms with Crippen molar-refractivity contribution in [3.05, 3.63) is 83.2 Å². The molecular weight excluding hydrogens is 557 g/mol. The molecule has 0 bridgehead atoms. The molecule has 7 rings (SSSR count). The number of hydrogen-bond acceptors (Lipinski definition) is 8. The molecule has 1 unspecified atom stereocenters. The van der Waals surface area contributed by atoms with E-state index in [9.17, 15) is 9.65 Å². The number of hydrogen-bond donors (Lipinski definition) is 0. The van der Waals surface area contributed by atoms with Gasteiger partial charge < -0.3 is 14.2 Å². The lowest BCUT2D eigenvalue weighted by Gasteiger charge is -2.49. The molecule has 10 nitrogen and oxygen atoms in total. The second-order valence-electron chi connectivity index (χ2n) is 11.9. The van der Waals surface area contributed by atoms with Gasteiger partial charge in [0.2, 0.25) is 0 Å². The van der Waals surface area contributed by atoms with E-state index in [0.717, 1.165) is 66.3 Å². The molecule has 2 fully saturated rings. The predicted molar refractivity (Wildman–Crippen MR) is 165 cm³/mol. The van der Waals surface area contributed by atoms with Crippen molar-refractivity contribution >= 4 is 22.8 Å². The molecule has 44 heavy (non-hydrogen) atoms. The van der Waals surface area contributed by atoms with Crippen LogP contribution in [0.1, 0.15) is 61.7 Å². The molecule has 2 aliphatic heterocycles. The molecule has 0 radical (unpaired) electrons. The zero-order chi connectivity index (χ0) is 30.4. The molecule has 11 heteroatoms. The number of fused-ring (bicyclic) bond motifs is 3.